The van der Waals surface area contributed by atoms with E-state index in [0.29, 0.717) is 18.5 Å². The van der Waals surface area contributed by atoms with Crippen LogP contribution in [0.1, 0.15) is 22.8 Å². The number of hydrogen-bond donors (Lipinski definition) is 5. The highest BCUT2D eigenvalue weighted by Gasteiger charge is 2.10. The Kier molecular flexibility index (Phi) is 7.43. The summed E-state index contributed by atoms with van der Waals surface area (Å²) < 4.78 is 0. The molecule has 0 aliphatic carbocycles. The molecule has 3 aromatic carbocycles. The second-order valence-electron chi connectivity index (χ2n) is 7.20. The number of aliphatic hydroxyl groups is 1. The van der Waals surface area contributed by atoms with Crippen LogP contribution in [-0.2, 0) is 11.2 Å². The van der Waals surface area contributed by atoms with Crippen molar-refractivity contribution in [2.24, 2.45) is 0 Å². The van der Waals surface area contributed by atoms with Gasteiger partial charge in [-0.2, -0.15) is 0 Å². The minimum atomic E-state index is -0.737. The lowest BCUT2D eigenvalue weighted by atomic mass is 10.1. The van der Waals surface area contributed by atoms with Gasteiger partial charge < -0.3 is 26.2 Å². The molecular weight excluding hydrogens is 378 g/mol. The third-order valence-corrected chi connectivity index (χ3v) is 4.84. The topological polar surface area (TPSA) is 93.6 Å². The largest absolute Gasteiger partial charge is 0.506 e. The number of carbonyl (C=O) groups is 1. The maximum absolute atomic E-state index is 10.6. The third kappa shape index (κ3) is 6.07. The molecule has 3 rings (SSSR count). The molecule has 1 atom stereocenters. The molecule has 0 heterocycles. The molecule has 0 saturated heterocycles. The Balaban J connectivity index is 1.44. The molecular formula is C24H27N3O3. The zero-order valence-electron chi connectivity index (χ0n) is 16.9. The van der Waals surface area contributed by atoms with Crippen molar-refractivity contribution in [3.8, 4) is 5.75 Å². The monoisotopic (exact) mass is 405 g/mol. The lowest BCUT2D eigenvalue weighted by molar-refractivity contribution is -0.105. The van der Waals surface area contributed by atoms with Crippen LogP contribution in [0.5, 0.6) is 5.75 Å². The van der Waals surface area contributed by atoms with Crippen LogP contribution in [0.2, 0.25) is 0 Å². The molecule has 5 N–H and O–H groups in total. The molecule has 30 heavy (non-hydrogen) atoms. The van der Waals surface area contributed by atoms with Gasteiger partial charge in [0.15, 0.2) is 0 Å². The highest BCUT2D eigenvalue weighted by atomic mass is 16.3. The molecule has 0 radical (unpaired) electrons. The third-order valence-electron chi connectivity index (χ3n) is 4.84. The number of aliphatic hydroxyl groups excluding tert-OH is 1. The van der Waals surface area contributed by atoms with Gasteiger partial charge in [-0.1, -0.05) is 35.9 Å². The van der Waals surface area contributed by atoms with Crippen LogP contribution in [0.15, 0.2) is 66.7 Å². The van der Waals surface area contributed by atoms with E-state index in [2.05, 4.69) is 71.4 Å². The molecule has 156 valence electrons. The van der Waals surface area contributed by atoms with Gasteiger partial charge in [-0.05, 0) is 67.4 Å². The van der Waals surface area contributed by atoms with Gasteiger partial charge in [0.05, 0.1) is 11.8 Å². The van der Waals surface area contributed by atoms with Crippen LogP contribution < -0.4 is 16.0 Å². The highest BCUT2D eigenvalue weighted by Crippen LogP contribution is 2.26. The van der Waals surface area contributed by atoms with Crippen molar-refractivity contribution >= 4 is 23.5 Å². The summed E-state index contributed by atoms with van der Waals surface area (Å²) in [5.41, 5.74) is 5.44. The zero-order chi connectivity index (χ0) is 21.3. The number of aryl methyl sites for hydroxylation is 1. The Labute approximate surface area is 176 Å². The number of benzene rings is 3. The molecule has 0 bridgehead atoms. The van der Waals surface area contributed by atoms with Gasteiger partial charge >= 0.3 is 0 Å². The second-order valence-corrected chi connectivity index (χ2v) is 7.20. The fourth-order valence-electron chi connectivity index (χ4n) is 3.09. The van der Waals surface area contributed by atoms with E-state index in [1.54, 1.807) is 12.1 Å². The van der Waals surface area contributed by atoms with Gasteiger partial charge in [-0.25, -0.2) is 0 Å². The Morgan fingerprint density at radius 3 is 2.30 bits per heavy atom. The van der Waals surface area contributed by atoms with Gasteiger partial charge in [0, 0.05) is 17.9 Å². The summed E-state index contributed by atoms with van der Waals surface area (Å²) in [6.07, 6.45) is 0.592. The lowest BCUT2D eigenvalue weighted by Crippen LogP contribution is -2.23. The number of hydrogen-bond acceptors (Lipinski definition) is 5. The summed E-state index contributed by atoms with van der Waals surface area (Å²) in [5.74, 6) is -0.0358. The Morgan fingerprint density at radius 2 is 1.63 bits per heavy atom. The predicted molar refractivity (Wildman–Crippen MR) is 120 cm³/mol. The summed E-state index contributed by atoms with van der Waals surface area (Å²) in [5, 5.41) is 29.0. The average Bonchev–Trinajstić information content (AvgIpc) is 2.75. The molecule has 0 aliphatic heterocycles. The van der Waals surface area contributed by atoms with Crippen molar-refractivity contribution in [1.29, 1.82) is 0 Å². The van der Waals surface area contributed by atoms with Crippen molar-refractivity contribution in [3.05, 3.63) is 83.4 Å². The molecule has 0 aliphatic rings. The first-order chi connectivity index (χ1) is 14.5. The second kappa shape index (κ2) is 10.4. The van der Waals surface area contributed by atoms with E-state index in [9.17, 15) is 15.0 Å². The Bertz CT molecular complexity index is 956. The number of phenols is 1. The smallest absolute Gasteiger partial charge is 0.211 e. The minimum Gasteiger partial charge on any atom is -0.506 e. The van der Waals surface area contributed by atoms with Crippen LogP contribution in [0.4, 0.5) is 17.1 Å². The number of anilines is 3. The number of phenolic OH excluding ortho intramolecular Hbond substituents is 1. The number of carbonyl (C=O) groups excluding carboxylic acids is 1. The van der Waals surface area contributed by atoms with E-state index >= 15 is 0 Å². The van der Waals surface area contributed by atoms with Gasteiger partial charge in [-0.15, -0.1) is 0 Å². The minimum absolute atomic E-state index is 0.0358. The molecule has 1 amide bonds. The van der Waals surface area contributed by atoms with Crippen molar-refractivity contribution in [2.45, 2.75) is 19.4 Å². The quantitative estimate of drug-likeness (QED) is 0.201. The van der Waals surface area contributed by atoms with E-state index in [4.69, 9.17) is 0 Å². The fraction of sp³-hybridized carbons (Fsp3) is 0.208. The first-order valence-corrected chi connectivity index (χ1v) is 9.89. The molecule has 0 spiro atoms. The predicted octanol–water partition coefficient (Wildman–Crippen LogP) is 3.88. The maximum atomic E-state index is 10.6. The van der Waals surface area contributed by atoms with Crippen molar-refractivity contribution in [1.82, 2.24) is 5.32 Å². The standard InChI is InChI=1S/C24H27N3O3/c1-17-2-7-20(8-3-17)27-21-9-4-18(5-10-21)12-13-25-15-24(30)19-6-11-23(29)22(14-19)26-16-28/h2-11,14,16,24-25,27,29-30H,12-13,15H2,1H3,(H,26,28)/t24-/m0/s1. The summed E-state index contributed by atoms with van der Waals surface area (Å²) in [6.45, 7) is 3.16. The van der Waals surface area contributed by atoms with Crippen molar-refractivity contribution in [2.75, 3.05) is 23.7 Å². The average molecular weight is 405 g/mol. The van der Waals surface area contributed by atoms with E-state index in [1.165, 1.54) is 17.2 Å². The van der Waals surface area contributed by atoms with Crippen molar-refractivity contribution < 1.29 is 15.0 Å². The molecule has 6 nitrogen and oxygen atoms in total. The van der Waals surface area contributed by atoms with Gasteiger partial charge in [0.2, 0.25) is 6.41 Å². The van der Waals surface area contributed by atoms with Crippen LogP contribution in [-0.4, -0.2) is 29.7 Å². The number of aromatic hydroxyl groups is 1. The summed E-state index contributed by atoms with van der Waals surface area (Å²) in [4.78, 5) is 10.6. The van der Waals surface area contributed by atoms with Crippen molar-refractivity contribution in [3.63, 3.8) is 0 Å². The lowest BCUT2D eigenvalue weighted by Gasteiger charge is -2.14. The van der Waals surface area contributed by atoms with Crippen LogP contribution in [0.3, 0.4) is 0 Å². The first-order valence-electron chi connectivity index (χ1n) is 9.89. The van der Waals surface area contributed by atoms with Gasteiger partial charge in [0.25, 0.3) is 0 Å². The number of amides is 1. The van der Waals surface area contributed by atoms with Crippen LogP contribution in [0.25, 0.3) is 0 Å². The fourth-order valence-corrected chi connectivity index (χ4v) is 3.09. The molecule has 0 unspecified atom stereocenters. The van der Waals surface area contributed by atoms with E-state index in [-0.39, 0.29) is 11.4 Å². The highest BCUT2D eigenvalue weighted by molar-refractivity contribution is 5.75. The van der Waals surface area contributed by atoms with E-state index in [1.807, 2.05) is 0 Å². The van der Waals surface area contributed by atoms with Crippen LogP contribution in [0, 0.1) is 6.92 Å². The Hall–Kier alpha value is -3.35. The SMILES string of the molecule is Cc1ccc(Nc2ccc(CCNC[C@H](O)c3ccc(O)c(NC=O)c3)cc2)cc1. The summed E-state index contributed by atoms with van der Waals surface area (Å²) >= 11 is 0. The maximum Gasteiger partial charge on any atom is 0.211 e. The van der Waals surface area contributed by atoms with Gasteiger partial charge in [0.1, 0.15) is 5.75 Å². The van der Waals surface area contributed by atoms with E-state index < -0.39 is 6.10 Å². The number of rotatable bonds is 10. The molecule has 0 saturated carbocycles. The summed E-state index contributed by atoms with van der Waals surface area (Å²) in [6, 6.07) is 21.2. The molecule has 0 fully saturated rings. The normalized spacial score (nSPS) is 11.7. The molecule has 0 aromatic heterocycles. The zero-order valence-corrected chi connectivity index (χ0v) is 16.9. The number of nitrogens with one attached hydrogen (secondary N) is 3. The first kappa shape index (κ1) is 21.4. The summed E-state index contributed by atoms with van der Waals surface area (Å²) in [7, 11) is 0. The molecule has 3 aromatic rings. The van der Waals surface area contributed by atoms with Crippen LogP contribution >= 0.6 is 0 Å². The molecule has 6 heteroatoms. The van der Waals surface area contributed by atoms with Gasteiger partial charge in [-0.3, -0.25) is 4.79 Å². The van der Waals surface area contributed by atoms with E-state index in [0.717, 1.165) is 24.3 Å². The Morgan fingerprint density at radius 1 is 0.967 bits per heavy atom.